The average Bonchev–Trinajstić information content (AvgIpc) is 3.50. The molecular formula is C36H25N3S. The molecule has 0 saturated carbocycles. The van der Waals surface area contributed by atoms with E-state index in [1.807, 2.05) is 72.0 Å². The molecule has 190 valence electrons. The smallest absolute Gasteiger partial charge is 0.164 e. The standard InChI is InChI=1S/C36H25N3S/c1-36(2)28-19-17-24(21-27(28)31-29(36)20-18-26-25-15-9-10-16-30(25)40-32(26)31)35-38-33(22-11-5-3-6-12-22)37-34(39-35)23-13-7-4-8-14-23/h3-21H,1-2H3. The van der Waals surface area contributed by atoms with E-state index in [2.05, 4.69) is 68.4 Å². The highest BCUT2D eigenvalue weighted by atomic mass is 32.1. The van der Waals surface area contributed by atoms with Crippen LogP contribution in [0.15, 0.2) is 115 Å². The first-order valence-corrected chi connectivity index (χ1v) is 14.4. The van der Waals surface area contributed by atoms with Gasteiger partial charge >= 0.3 is 0 Å². The zero-order chi connectivity index (χ0) is 26.8. The summed E-state index contributed by atoms with van der Waals surface area (Å²) in [5.41, 5.74) is 8.21. The van der Waals surface area contributed by atoms with Gasteiger partial charge < -0.3 is 0 Å². The van der Waals surface area contributed by atoms with Gasteiger partial charge in [0.05, 0.1) is 0 Å². The van der Waals surface area contributed by atoms with Gasteiger partial charge in [0.1, 0.15) is 0 Å². The van der Waals surface area contributed by atoms with Crippen LogP contribution in [0.4, 0.5) is 0 Å². The van der Waals surface area contributed by atoms with Crippen LogP contribution in [0.1, 0.15) is 25.0 Å². The van der Waals surface area contributed by atoms with Crippen LogP contribution in [-0.2, 0) is 5.41 Å². The van der Waals surface area contributed by atoms with E-state index in [1.165, 1.54) is 42.4 Å². The molecule has 2 heterocycles. The van der Waals surface area contributed by atoms with E-state index in [4.69, 9.17) is 15.0 Å². The van der Waals surface area contributed by atoms with Gasteiger partial charge in [-0.2, -0.15) is 0 Å². The molecule has 0 bridgehead atoms. The molecule has 0 amide bonds. The van der Waals surface area contributed by atoms with Gasteiger partial charge in [-0.25, -0.2) is 15.0 Å². The molecule has 8 rings (SSSR count). The SMILES string of the molecule is CC1(C)c2ccc(-c3nc(-c4ccccc4)nc(-c4ccccc4)n3)cc2-c2c1ccc1c2sc2ccccc21. The predicted molar refractivity (Wildman–Crippen MR) is 167 cm³/mol. The second-order valence-corrected chi connectivity index (χ2v) is 11.9. The van der Waals surface area contributed by atoms with Gasteiger partial charge in [0.25, 0.3) is 0 Å². The Morgan fingerprint density at radius 3 is 1.77 bits per heavy atom. The summed E-state index contributed by atoms with van der Waals surface area (Å²) in [6.07, 6.45) is 0. The molecule has 0 saturated heterocycles. The fourth-order valence-electron chi connectivity index (χ4n) is 6.10. The van der Waals surface area contributed by atoms with Crippen LogP contribution in [0.2, 0.25) is 0 Å². The van der Waals surface area contributed by atoms with Crippen molar-refractivity contribution >= 4 is 31.5 Å². The van der Waals surface area contributed by atoms with Crippen molar-refractivity contribution in [3.8, 4) is 45.3 Å². The summed E-state index contributed by atoms with van der Waals surface area (Å²) < 4.78 is 2.68. The molecule has 0 N–H and O–H groups in total. The van der Waals surface area contributed by atoms with E-state index in [1.54, 1.807) is 0 Å². The lowest BCUT2D eigenvalue weighted by Gasteiger charge is -2.21. The van der Waals surface area contributed by atoms with Crippen molar-refractivity contribution in [3.05, 3.63) is 126 Å². The maximum atomic E-state index is 4.99. The highest BCUT2D eigenvalue weighted by Crippen LogP contribution is 2.54. The number of thiophene rings is 1. The zero-order valence-corrected chi connectivity index (χ0v) is 23.0. The number of hydrogen-bond donors (Lipinski definition) is 0. The fourth-order valence-corrected chi connectivity index (χ4v) is 7.36. The molecule has 0 atom stereocenters. The van der Waals surface area contributed by atoms with Crippen molar-refractivity contribution in [2.24, 2.45) is 0 Å². The Bertz CT molecular complexity index is 2020. The van der Waals surface area contributed by atoms with Crippen LogP contribution in [0.5, 0.6) is 0 Å². The van der Waals surface area contributed by atoms with Crippen LogP contribution < -0.4 is 0 Å². The Morgan fingerprint density at radius 2 is 1.10 bits per heavy atom. The van der Waals surface area contributed by atoms with Crippen LogP contribution in [0, 0.1) is 0 Å². The van der Waals surface area contributed by atoms with E-state index < -0.39 is 0 Å². The molecule has 0 unspecified atom stereocenters. The van der Waals surface area contributed by atoms with Crippen molar-refractivity contribution in [3.63, 3.8) is 0 Å². The molecule has 3 nitrogen and oxygen atoms in total. The molecular weight excluding hydrogens is 506 g/mol. The number of nitrogens with zero attached hydrogens (tertiary/aromatic N) is 3. The summed E-state index contributed by atoms with van der Waals surface area (Å²) in [6.45, 7) is 4.67. The van der Waals surface area contributed by atoms with E-state index in [0.29, 0.717) is 17.5 Å². The van der Waals surface area contributed by atoms with Crippen LogP contribution in [0.3, 0.4) is 0 Å². The first-order valence-electron chi connectivity index (χ1n) is 13.5. The first-order chi connectivity index (χ1) is 19.6. The molecule has 0 spiro atoms. The molecule has 4 heteroatoms. The summed E-state index contributed by atoms with van der Waals surface area (Å²) in [4.78, 5) is 14.9. The molecule has 0 fully saturated rings. The van der Waals surface area contributed by atoms with Crippen molar-refractivity contribution in [2.45, 2.75) is 19.3 Å². The Labute approximate surface area is 236 Å². The van der Waals surface area contributed by atoms with E-state index in [9.17, 15) is 0 Å². The Morgan fingerprint density at radius 1 is 0.525 bits per heavy atom. The summed E-state index contributed by atoms with van der Waals surface area (Å²) in [7, 11) is 0. The number of benzene rings is 5. The molecule has 0 radical (unpaired) electrons. The summed E-state index contributed by atoms with van der Waals surface area (Å²) in [6, 6.07) is 40.4. The third-order valence-corrected chi connectivity index (χ3v) is 9.34. The molecule has 7 aromatic rings. The Balaban J connectivity index is 1.37. The molecule has 1 aliphatic carbocycles. The minimum atomic E-state index is -0.0863. The monoisotopic (exact) mass is 531 g/mol. The first kappa shape index (κ1) is 23.2. The lowest BCUT2D eigenvalue weighted by molar-refractivity contribution is 0.661. The van der Waals surface area contributed by atoms with Crippen molar-refractivity contribution < 1.29 is 0 Å². The molecule has 1 aliphatic rings. The number of rotatable bonds is 3. The van der Waals surface area contributed by atoms with Gasteiger partial charge in [-0.15, -0.1) is 11.3 Å². The van der Waals surface area contributed by atoms with E-state index in [0.717, 1.165) is 16.7 Å². The van der Waals surface area contributed by atoms with Gasteiger partial charge in [0, 0.05) is 47.8 Å². The Hall–Kier alpha value is -4.67. The second-order valence-electron chi connectivity index (χ2n) is 10.9. The van der Waals surface area contributed by atoms with Gasteiger partial charge in [-0.1, -0.05) is 117 Å². The fraction of sp³-hybridized carbons (Fsp3) is 0.0833. The molecule has 0 aliphatic heterocycles. The zero-order valence-electron chi connectivity index (χ0n) is 22.2. The van der Waals surface area contributed by atoms with Gasteiger partial charge in [-0.3, -0.25) is 0 Å². The van der Waals surface area contributed by atoms with E-state index >= 15 is 0 Å². The quantitative estimate of drug-likeness (QED) is 0.228. The van der Waals surface area contributed by atoms with Crippen molar-refractivity contribution in [2.75, 3.05) is 0 Å². The van der Waals surface area contributed by atoms with Crippen LogP contribution in [0.25, 0.3) is 65.5 Å². The highest BCUT2D eigenvalue weighted by molar-refractivity contribution is 7.26. The van der Waals surface area contributed by atoms with Crippen LogP contribution >= 0.6 is 11.3 Å². The summed E-state index contributed by atoms with van der Waals surface area (Å²) in [5.74, 6) is 2.04. The van der Waals surface area contributed by atoms with Gasteiger partial charge in [-0.05, 0) is 28.8 Å². The number of hydrogen-bond acceptors (Lipinski definition) is 4. The summed E-state index contributed by atoms with van der Waals surface area (Å²) in [5, 5.41) is 2.65. The lowest BCUT2D eigenvalue weighted by Crippen LogP contribution is -2.14. The van der Waals surface area contributed by atoms with E-state index in [-0.39, 0.29) is 5.41 Å². The summed E-state index contributed by atoms with van der Waals surface area (Å²) >= 11 is 1.89. The maximum absolute atomic E-state index is 4.99. The normalized spacial score (nSPS) is 13.4. The number of fused-ring (bicyclic) bond motifs is 7. The second kappa shape index (κ2) is 8.67. The predicted octanol–water partition coefficient (Wildman–Crippen LogP) is 9.55. The maximum Gasteiger partial charge on any atom is 0.164 e. The van der Waals surface area contributed by atoms with Gasteiger partial charge in [0.2, 0.25) is 0 Å². The minimum Gasteiger partial charge on any atom is -0.208 e. The topological polar surface area (TPSA) is 38.7 Å². The lowest BCUT2D eigenvalue weighted by atomic mass is 9.82. The third-order valence-electron chi connectivity index (χ3n) is 8.14. The number of aromatic nitrogens is 3. The molecule has 40 heavy (non-hydrogen) atoms. The largest absolute Gasteiger partial charge is 0.208 e. The van der Waals surface area contributed by atoms with Crippen LogP contribution in [-0.4, -0.2) is 15.0 Å². The van der Waals surface area contributed by atoms with Gasteiger partial charge in [0.15, 0.2) is 17.5 Å². The van der Waals surface area contributed by atoms with Crippen molar-refractivity contribution in [1.82, 2.24) is 15.0 Å². The Kier molecular flexibility index (Phi) is 5.04. The third kappa shape index (κ3) is 3.46. The minimum absolute atomic E-state index is 0.0863. The molecule has 5 aromatic carbocycles. The van der Waals surface area contributed by atoms with Crippen molar-refractivity contribution in [1.29, 1.82) is 0 Å². The average molecular weight is 532 g/mol. The molecule has 2 aromatic heterocycles. The highest BCUT2D eigenvalue weighted by Gasteiger charge is 2.37.